The van der Waals surface area contributed by atoms with Gasteiger partial charge in [0.15, 0.2) is 0 Å². The molecule has 1 amide bonds. The van der Waals surface area contributed by atoms with E-state index in [1.165, 1.54) is 0 Å². The first kappa shape index (κ1) is 17.3. The number of fused-ring (bicyclic) bond motifs is 1. The maximum absolute atomic E-state index is 11.7. The van der Waals surface area contributed by atoms with Crippen molar-refractivity contribution in [3.05, 3.63) is 65.2 Å². The molecule has 0 aromatic heterocycles. The largest absolute Gasteiger partial charge is 0.493 e. The molecule has 0 saturated heterocycles. The Labute approximate surface area is 146 Å². The Balaban J connectivity index is 1.46. The molecule has 1 aliphatic heterocycles. The van der Waals surface area contributed by atoms with E-state index in [2.05, 4.69) is 5.32 Å². The fourth-order valence-electron chi connectivity index (χ4n) is 2.69. The van der Waals surface area contributed by atoms with Gasteiger partial charge in [-0.2, -0.15) is 0 Å². The minimum absolute atomic E-state index is 0.109. The normalized spacial score (nSPS) is 15.0. The fourth-order valence-corrected chi connectivity index (χ4v) is 2.69. The Morgan fingerprint density at radius 3 is 2.80 bits per heavy atom. The molecule has 0 spiro atoms. The second-order valence-electron chi connectivity index (χ2n) is 5.92. The molecule has 2 atom stereocenters. The van der Waals surface area contributed by atoms with Crippen molar-refractivity contribution in [2.45, 2.75) is 25.2 Å². The molecule has 0 fully saturated rings. The smallest absolute Gasteiger partial charge is 0.407 e. The minimum atomic E-state index is -1.13. The third-order valence-electron chi connectivity index (χ3n) is 4.09. The zero-order valence-corrected chi connectivity index (χ0v) is 13.7. The van der Waals surface area contributed by atoms with Crippen LogP contribution >= 0.6 is 0 Å². The Morgan fingerprint density at radius 1 is 1.20 bits per heavy atom. The van der Waals surface area contributed by atoms with Gasteiger partial charge in [0.2, 0.25) is 0 Å². The number of hydrogen-bond acceptors (Lipinski definition) is 5. The second-order valence-corrected chi connectivity index (χ2v) is 5.92. The van der Waals surface area contributed by atoms with E-state index >= 15 is 0 Å². The molecule has 3 rings (SSSR count). The summed E-state index contributed by atoms with van der Waals surface area (Å²) in [6, 6.07) is 14.6. The topological polar surface area (TPSA) is 88.0 Å². The SMILES string of the molecule is O=C(NCC(O)C(O)c1ccc2c(c1)CCO2)OCc1ccccc1. The fraction of sp³-hybridized carbons (Fsp3) is 0.316. The number of benzene rings is 2. The van der Waals surface area contributed by atoms with E-state index in [0.29, 0.717) is 12.2 Å². The van der Waals surface area contributed by atoms with Gasteiger partial charge in [0, 0.05) is 13.0 Å². The first-order chi connectivity index (χ1) is 12.1. The Hall–Kier alpha value is -2.57. The van der Waals surface area contributed by atoms with Crippen LogP contribution in [0.1, 0.15) is 22.8 Å². The summed E-state index contributed by atoms with van der Waals surface area (Å²) in [7, 11) is 0. The van der Waals surface area contributed by atoms with Crippen molar-refractivity contribution in [3.8, 4) is 5.75 Å². The first-order valence-corrected chi connectivity index (χ1v) is 8.20. The average molecular weight is 343 g/mol. The summed E-state index contributed by atoms with van der Waals surface area (Å²) < 4.78 is 10.5. The van der Waals surface area contributed by atoms with Crippen LogP contribution in [0.15, 0.2) is 48.5 Å². The van der Waals surface area contributed by atoms with Crippen molar-refractivity contribution in [3.63, 3.8) is 0 Å². The zero-order chi connectivity index (χ0) is 17.6. The third-order valence-corrected chi connectivity index (χ3v) is 4.09. The molecule has 6 heteroatoms. The van der Waals surface area contributed by atoms with Crippen LogP contribution in [0.2, 0.25) is 0 Å². The summed E-state index contributed by atoms with van der Waals surface area (Å²) in [5.41, 5.74) is 2.48. The van der Waals surface area contributed by atoms with Crippen LogP contribution in [0.5, 0.6) is 5.75 Å². The van der Waals surface area contributed by atoms with E-state index in [-0.39, 0.29) is 13.2 Å². The highest BCUT2D eigenvalue weighted by Gasteiger charge is 2.22. The van der Waals surface area contributed by atoms with Gasteiger partial charge in [0.25, 0.3) is 0 Å². The van der Waals surface area contributed by atoms with Gasteiger partial charge in [-0.15, -0.1) is 0 Å². The molecule has 1 aliphatic rings. The van der Waals surface area contributed by atoms with Crippen LogP contribution in [-0.4, -0.2) is 35.6 Å². The molecule has 2 aromatic carbocycles. The molecule has 2 unspecified atom stereocenters. The van der Waals surface area contributed by atoms with Crippen molar-refractivity contribution in [1.29, 1.82) is 0 Å². The summed E-state index contributed by atoms with van der Waals surface area (Å²) in [5.74, 6) is 0.813. The number of ether oxygens (including phenoxy) is 2. The minimum Gasteiger partial charge on any atom is -0.493 e. The molecule has 2 aromatic rings. The molecule has 0 aliphatic carbocycles. The summed E-state index contributed by atoms with van der Waals surface area (Å²) in [5, 5.41) is 22.8. The lowest BCUT2D eigenvalue weighted by molar-refractivity contribution is 0.0183. The van der Waals surface area contributed by atoms with Crippen LogP contribution < -0.4 is 10.1 Å². The highest BCUT2D eigenvalue weighted by Crippen LogP contribution is 2.29. The van der Waals surface area contributed by atoms with Gasteiger partial charge in [-0.25, -0.2) is 4.79 Å². The third kappa shape index (κ3) is 4.49. The number of carbonyl (C=O) groups is 1. The predicted octanol–water partition coefficient (Wildman–Crippen LogP) is 1.94. The lowest BCUT2D eigenvalue weighted by Gasteiger charge is -2.19. The summed E-state index contributed by atoms with van der Waals surface area (Å²) >= 11 is 0. The van der Waals surface area contributed by atoms with Gasteiger partial charge in [-0.05, 0) is 28.8 Å². The second kappa shape index (κ2) is 8.00. The molecule has 6 nitrogen and oxygen atoms in total. The number of alkyl carbamates (subject to hydrolysis) is 1. The molecular formula is C19H21NO5. The van der Waals surface area contributed by atoms with Gasteiger partial charge in [-0.3, -0.25) is 0 Å². The average Bonchev–Trinajstić information content (AvgIpc) is 3.12. The summed E-state index contributed by atoms with van der Waals surface area (Å²) in [6.45, 7) is 0.671. The molecule has 0 radical (unpaired) electrons. The maximum atomic E-state index is 11.7. The number of rotatable bonds is 6. The first-order valence-electron chi connectivity index (χ1n) is 8.20. The highest BCUT2D eigenvalue weighted by molar-refractivity contribution is 5.67. The van der Waals surface area contributed by atoms with Crippen molar-refractivity contribution < 1.29 is 24.5 Å². The van der Waals surface area contributed by atoms with Gasteiger partial charge >= 0.3 is 6.09 Å². The molecule has 0 bridgehead atoms. The van der Waals surface area contributed by atoms with Crippen LogP contribution in [0.3, 0.4) is 0 Å². The lowest BCUT2D eigenvalue weighted by atomic mass is 10.0. The molecule has 25 heavy (non-hydrogen) atoms. The molecule has 0 saturated carbocycles. The number of hydrogen-bond donors (Lipinski definition) is 3. The van der Waals surface area contributed by atoms with E-state index in [1.807, 2.05) is 36.4 Å². The van der Waals surface area contributed by atoms with Gasteiger partial charge in [0.1, 0.15) is 24.6 Å². The van der Waals surface area contributed by atoms with E-state index in [0.717, 1.165) is 23.3 Å². The van der Waals surface area contributed by atoms with Crippen LogP contribution in [0.25, 0.3) is 0 Å². The summed E-state index contributed by atoms with van der Waals surface area (Å²) in [6.07, 6.45) is -2.09. The van der Waals surface area contributed by atoms with Gasteiger partial charge in [-0.1, -0.05) is 36.4 Å². The molecule has 132 valence electrons. The van der Waals surface area contributed by atoms with Crippen molar-refractivity contribution in [2.75, 3.05) is 13.2 Å². The van der Waals surface area contributed by atoms with E-state index < -0.39 is 18.3 Å². The number of aliphatic hydroxyl groups excluding tert-OH is 2. The molecule has 3 N–H and O–H groups in total. The van der Waals surface area contributed by atoms with Crippen molar-refractivity contribution >= 4 is 6.09 Å². The number of aliphatic hydroxyl groups is 2. The Morgan fingerprint density at radius 2 is 2.00 bits per heavy atom. The predicted molar refractivity (Wildman–Crippen MR) is 91.2 cm³/mol. The van der Waals surface area contributed by atoms with E-state index in [1.54, 1.807) is 12.1 Å². The number of nitrogens with one attached hydrogen (secondary N) is 1. The number of amides is 1. The molecular weight excluding hydrogens is 322 g/mol. The van der Waals surface area contributed by atoms with Crippen LogP contribution in [0.4, 0.5) is 4.79 Å². The highest BCUT2D eigenvalue weighted by atomic mass is 16.5. The number of carbonyl (C=O) groups excluding carboxylic acids is 1. The monoisotopic (exact) mass is 343 g/mol. The van der Waals surface area contributed by atoms with E-state index in [4.69, 9.17) is 9.47 Å². The van der Waals surface area contributed by atoms with Crippen LogP contribution in [0, 0.1) is 0 Å². The van der Waals surface area contributed by atoms with Crippen molar-refractivity contribution in [1.82, 2.24) is 5.32 Å². The van der Waals surface area contributed by atoms with Crippen molar-refractivity contribution in [2.24, 2.45) is 0 Å². The molecule has 1 heterocycles. The van der Waals surface area contributed by atoms with E-state index in [9.17, 15) is 15.0 Å². The lowest BCUT2D eigenvalue weighted by Crippen LogP contribution is -2.35. The Bertz CT molecular complexity index is 719. The maximum Gasteiger partial charge on any atom is 0.407 e. The summed E-state index contributed by atoms with van der Waals surface area (Å²) in [4.78, 5) is 11.7. The zero-order valence-electron chi connectivity index (χ0n) is 13.7. The Kier molecular flexibility index (Phi) is 5.53. The van der Waals surface area contributed by atoms with Gasteiger partial charge < -0.3 is 25.0 Å². The standard InChI is InChI=1S/C19H21NO5/c21-16(11-20-19(23)25-12-13-4-2-1-3-5-13)18(22)15-6-7-17-14(10-15)8-9-24-17/h1-7,10,16,18,21-22H,8-9,11-12H2,(H,20,23). The van der Waals surface area contributed by atoms with Crippen LogP contribution in [-0.2, 0) is 17.8 Å². The quantitative estimate of drug-likeness (QED) is 0.746. The van der Waals surface area contributed by atoms with Gasteiger partial charge in [0.05, 0.1) is 6.61 Å².